The average Bonchev–Trinajstić information content (AvgIpc) is 3.52. The third-order valence-electron chi connectivity index (χ3n) is 8.82. The Morgan fingerprint density at radius 3 is 2.61 bits per heavy atom. The molecule has 41 heavy (non-hydrogen) atoms. The average molecular weight is 573 g/mol. The van der Waals surface area contributed by atoms with Crippen molar-refractivity contribution in [2.75, 3.05) is 18.5 Å². The summed E-state index contributed by atoms with van der Waals surface area (Å²) in [6, 6.07) is 11.7. The van der Waals surface area contributed by atoms with E-state index in [0.29, 0.717) is 29.0 Å². The number of aromatic nitrogens is 3. The zero-order chi connectivity index (χ0) is 28.5. The molecule has 7 rings (SSSR count). The summed E-state index contributed by atoms with van der Waals surface area (Å²) in [6.45, 7) is 10.3. The lowest BCUT2D eigenvalue weighted by molar-refractivity contribution is 0.0809. The third kappa shape index (κ3) is 4.48. The number of nitrogens with one attached hydrogen (secondary N) is 2. The number of imidazole rings is 1. The maximum absolute atomic E-state index is 13.2. The Bertz CT molecular complexity index is 1660. The predicted octanol–water partition coefficient (Wildman–Crippen LogP) is 5.09. The van der Waals surface area contributed by atoms with Gasteiger partial charge in [0.15, 0.2) is 5.82 Å². The van der Waals surface area contributed by atoms with Crippen LogP contribution in [0.5, 0.6) is 0 Å². The highest BCUT2D eigenvalue weighted by Crippen LogP contribution is 2.41. The van der Waals surface area contributed by atoms with Crippen molar-refractivity contribution >= 4 is 23.2 Å². The summed E-state index contributed by atoms with van der Waals surface area (Å²) < 4.78 is 13.8. The maximum Gasteiger partial charge on any atom is 0.291 e. The van der Waals surface area contributed by atoms with E-state index in [9.17, 15) is 4.79 Å². The van der Waals surface area contributed by atoms with Gasteiger partial charge in [0, 0.05) is 55.5 Å². The van der Waals surface area contributed by atoms with E-state index in [1.807, 2.05) is 54.9 Å². The predicted molar refractivity (Wildman–Crippen MR) is 157 cm³/mol. The molecule has 0 saturated carbocycles. The summed E-state index contributed by atoms with van der Waals surface area (Å²) in [6.07, 6.45) is 1.11. The van der Waals surface area contributed by atoms with E-state index in [0.717, 1.165) is 77.8 Å². The number of fused-ring (bicyclic) bond motifs is 2. The number of carbonyl (C=O) groups is 1. The number of hydrogen-bond donors (Lipinski definition) is 2. The van der Waals surface area contributed by atoms with Crippen LogP contribution in [-0.2, 0) is 37.8 Å². The molecule has 5 heterocycles. The largest absolute Gasteiger partial charge is 0.439 e. The lowest BCUT2D eigenvalue weighted by Gasteiger charge is -2.33. The number of hydrogen-bond acceptors (Lipinski definition) is 7. The van der Waals surface area contributed by atoms with Gasteiger partial charge in [0.1, 0.15) is 5.76 Å². The molecule has 10 heteroatoms. The molecule has 4 aromatic rings. The molecular formula is C31H33ClN6O3. The van der Waals surface area contributed by atoms with E-state index in [1.54, 1.807) is 0 Å². The Morgan fingerprint density at radius 2 is 1.85 bits per heavy atom. The van der Waals surface area contributed by atoms with Crippen molar-refractivity contribution in [3.05, 3.63) is 75.7 Å². The highest BCUT2D eigenvalue weighted by Gasteiger charge is 2.46. The molecule has 2 N–H and O–H groups in total. The fourth-order valence-corrected chi connectivity index (χ4v) is 6.33. The lowest BCUT2D eigenvalue weighted by Crippen LogP contribution is -2.45. The van der Waals surface area contributed by atoms with Crippen molar-refractivity contribution in [2.24, 2.45) is 7.05 Å². The Labute approximate surface area is 243 Å². The van der Waals surface area contributed by atoms with E-state index in [2.05, 4.69) is 34.4 Å². The molecule has 1 amide bonds. The summed E-state index contributed by atoms with van der Waals surface area (Å²) >= 11 is 6.93. The number of amides is 1. The zero-order valence-electron chi connectivity index (χ0n) is 23.7. The van der Waals surface area contributed by atoms with E-state index < -0.39 is 0 Å². The number of epoxide rings is 1. The molecule has 1 fully saturated rings. The summed E-state index contributed by atoms with van der Waals surface area (Å²) in [7, 11) is 1.89. The molecule has 1 atom stereocenters. The van der Waals surface area contributed by atoms with Gasteiger partial charge in [0.25, 0.3) is 5.91 Å². The number of halogens is 1. The van der Waals surface area contributed by atoms with Crippen LogP contribution in [-0.4, -0.2) is 50.1 Å². The monoisotopic (exact) mass is 572 g/mol. The van der Waals surface area contributed by atoms with E-state index in [-0.39, 0.29) is 17.6 Å². The van der Waals surface area contributed by atoms with Crippen molar-refractivity contribution in [2.45, 2.75) is 58.5 Å². The Balaban J connectivity index is 1.15. The summed E-state index contributed by atoms with van der Waals surface area (Å²) in [5.74, 6) is 1.62. The first kappa shape index (κ1) is 26.4. The molecule has 3 aliphatic heterocycles. The molecular weight excluding hydrogens is 540 g/mol. The highest BCUT2D eigenvalue weighted by atomic mass is 35.5. The van der Waals surface area contributed by atoms with Gasteiger partial charge >= 0.3 is 0 Å². The number of ether oxygens (including phenoxy) is 1. The van der Waals surface area contributed by atoms with Crippen LogP contribution in [0.1, 0.15) is 52.9 Å². The number of benzene rings is 2. The van der Waals surface area contributed by atoms with Gasteiger partial charge in [0.2, 0.25) is 5.89 Å². The molecule has 9 nitrogen and oxygen atoms in total. The summed E-state index contributed by atoms with van der Waals surface area (Å²) in [5, 5.41) is 6.76. The normalized spacial score (nSPS) is 18.3. The lowest BCUT2D eigenvalue weighted by atomic mass is 9.96. The minimum absolute atomic E-state index is 0.0523. The SMILES string of the molecule is Cc1c(-c2nc3c(o2)CN(C(C)(C)C2CO2)C3)cccc1-c1cccc(NC(=O)c2nc3c(n2C)CCNC3)c1Cl. The van der Waals surface area contributed by atoms with Crippen LogP contribution in [0, 0.1) is 6.92 Å². The second-order valence-corrected chi connectivity index (χ2v) is 12.0. The van der Waals surface area contributed by atoms with Gasteiger partial charge in [-0.2, -0.15) is 0 Å². The molecule has 0 radical (unpaired) electrons. The molecule has 212 valence electrons. The summed E-state index contributed by atoms with van der Waals surface area (Å²) in [5.41, 5.74) is 7.18. The first-order valence-electron chi connectivity index (χ1n) is 14.0. The Hall–Kier alpha value is -3.50. The maximum atomic E-state index is 13.2. The van der Waals surface area contributed by atoms with Gasteiger partial charge in [-0.05, 0) is 44.0 Å². The van der Waals surface area contributed by atoms with Crippen LogP contribution < -0.4 is 10.6 Å². The minimum Gasteiger partial charge on any atom is -0.439 e. The molecule has 2 aromatic carbocycles. The number of carbonyl (C=O) groups excluding carboxylic acids is 1. The molecule has 2 aromatic heterocycles. The number of rotatable bonds is 6. The third-order valence-corrected chi connectivity index (χ3v) is 9.23. The van der Waals surface area contributed by atoms with Crippen molar-refractivity contribution in [1.29, 1.82) is 0 Å². The second kappa shape index (κ2) is 9.80. The molecule has 3 aliphatic rings. The number of nitrogens with zero attached hydrogens (tertiary/aromatic N) is 4. The zero-order valence-corrected chi connectivity index (χ0v) is 24.4. The van der Waals surface area contributed by atoms with Gasteiger partial charge < -0.3 is 24.4 Å². The number of anilines is 1. The second-order valence-electron chi connectivity index (χ2n) is 11.6. The number of oxazole rings is 1. The van der Waals surface area contributed by atoms with Gasteiger partial charge in [0.05, 0.1) is 41.4 Å². The molecule has 0 bridgehead atoms. The topological polar surface area (TPSA) is 101 Å². The highest BCUT2D eigenvalue weighted by molar-refractivity contribution is 6.36. The van der Waals surface area contributed by atoms with Crippen molar-refractivity contribution in [3.63, 3.8) is 0 Å². The Kier molecular flexibility index (Phi) is 6.31. The van der Waals surface area contributed by atoms with Crippen molar-refractivity contribution in [1.82, 2.24) is 24.8 Å². The van der Waals surface area contributed by atoms with Crippen molar-refractivity contribution in [3.8, 4) is 22.6 Å². The standard InChI is InChI=1S/C31H33ClN6O3/c1-17-18(7-5-8-19(17)30-36-23-14-38(15-25(23)41-30)31(2,3)26-16-40-26)20-9-6-10-21(27(20)32)35-29(39)28-34-22-13-33-12-11-24(22)37(28)4/h5-10,26,33H,11-16H2,1-4H3,(H,35,39). The van der Waals surface area contributed by atoms with Crippen LogP contribution in [0.25, 0.3) is 22.6 Å². The Morgan fingerprint density at radius 1 is 1.10 bits per heavy atom. The van der Waals surface area contributed by atoms with Gasteiger partial charge in [-0.3, -0.25) is 9.69 Å². The quantitative estimate of drug-likeness (QED) is 0.310. The van der Waals surface area contributed by atoms with E-state index in [4.69, 9.17) is 25.7 Å². The smallest absolute Gasteiger partial charge is 0.291 e. The van der Waals surface area contributed by atoms with Gasteiger partial charge in [-0.15, -0.1) is 0 Å². The van der Waals surface area contributed by atoms with Crippen LogP contribution in [0.3, 0.4) is 0 Å². The van der Waals surface area contributed by atoms with Crippen LogP contribution in [0.2, 0.25) is 5.02 Å². The molecule has 0 aliphatic carbocycles. The molecule has 0 spiro atoms. The first-order chi connectivity index (χ1) is 19.7. The van der Waals surface area contributed by atoms with Gasteiger partial charge in [-0.1, -0.05) is 35.9 Å². The molecule has 1 saturated heterocycles. The van der Waals surface area contributed by atoms with Crippen LogP contribution >= 0.6 is 11.6 Å². The van der Waals surface area contributed by atoms with Crippen molar-refractivity contribution < 1.29 is 13.9 Å². The van der Waals surface area contributed by atoms with E-state index >= 15 is 0 Å². The van der Waals surface area contributed by atoms with Gasteiger partial charge in [-0.25, -0.2) is 9.97 Å². The first-order valence-corrected chi connectivity index (χ1v) is 14.4. The van der Waals surface area contributed by atoms with Crippen LogP contribution in [0.4, 0.5) is 5.69 Å². The van der Waals surface area contributed by atoms with Crippen LogP contribution in [0.15, 0.2) is 40.8 Å². The summed E-state index contributed by atoms with van der Waals surface area (Å²) in [4.78, 5) is 25.1. The molecule has 1 unspecified atom stereocenters. The fraction of sp³-hybridized carbons (Fsp3) is 0.387. The fourth-order valence-electron chi connectivity index (χ4n) is 6.06. The minimum atomic E-state index is -0.286. The van der Waals surface area contributed by atoms with E-state index in [1.165, 1.54) is 0 Å².